The minimum absolute atomic E-state index is 0.431. The van der Waals surface area contributed by atoms with Crippen molar-refractivity contribution in [3.63, 3.8) is 0 Å². The number of pyridine rings is 1. The summed E-state index contributed by atoms with van der Waals surface area (Å²) in [5.74, 6) is 0.689. The fraction of sp³-hybridized carbons (Fsp3) is 0.0192. The van der Waals surface area contributed by atoms with Crippen molar-refractivity contribution in [3.8, 4) is 78.5 Å². The molecule has 2 aliphatic rings. The first-order chi connectivity index (χ1) is 27.3. The fourth-order valence-corrected chi connectivity index (χ4v) is 8.94. The first-order valence-electron chi connectivity index (χ1n) is 18.8. The second-order valence-corrected chi connectivity index (χ2v) is 14.3. The zero-order valence-corrected chi connectivity index (χ0v) is 29.9. The third-order valence-corrected chi connectivity index (χ3v) is 11.4. The maximum absolute atomic E-state index is 5.36. The number of rotatable bonds is 5. The molecule has 0 atom stereocenters. The Labute approximate surface area is 320 Å². The molecule has 0 unspecified atom stereocenters. The molecule has 0 radical (unpaired) electrons. The van der Waals surface area contributed by atoms with Crippen LogP contribution in [-0.2, 0) is 5.41 Å². The summed E-state index contributed by atoms with van der Waals surface area (Å²) < 4.78 is 0. The number of aromatic nitrogens is 3. The summed E-state index contributed by atoms with van der Waals surface area (Å²) in [5, 5.41) is 0. The lowest BCUT2D eigenvalue weighted by Gasteiger charge is -2.30. The van der Waals surface area contributed by atoms with Crippen molar-refractivity contribution in [2.75, 3.05) is 0 Å². The minimum Gasteiger partial charge on any atom is -0.256 e. The molecule has 0 fully saturated rings. The van der Waals surface area contributed by atoms with Crippen LogP contribution in [0.3, 0.4) is 0 Å². The van der Waals surface area contributed by atoms with Crippen molar-refractivity contribution in [2.45, 2.75) is 5.41 Å². The van der Waals surface area contributed by atoms with E-state index in [1.54, 1.807) is 0 Å². The van der Waals surface area contributed by atoms with Crippen LogP contribution in [0.4, 0.5) is 0 Å². The first-order valence-corrected chi connectivity index (χ1v) is 18.8. The highest BCUT2D eigenvalue weighted by molar-refractivity contribution is 5.96. The zero-order valence-electron chi connectivity index (χ0n) is 29.9. The lowest BCUT2D eigenvalue weighted by atomic mass is 9.70. The van der Waals surface area contributed by atoms with E-state index in [4.69, 9.17) is 9.97 Å². The average molecular weight is 700 g/mol. The summed E-state index contributed by atoms with van der Waals surface area (Å²) in [4.78, 5) is 15.2. The van der Waals surface area contributed by atoms with E-state index >= 15 is 0 Å². The van der Waals surface area contributed by atoms with Gasteiger partial charge in [-0.25, -0.2) is 9.97 Å². The summed E-state index contributed by atoms with van der Waals surface area (Å²) in [6.45, 7) is 0. The van der Waals surface area contributed by atoms with E-state index in [0.717, 1.165) is 50.5 Å². The standard InChI is InChI=1S/C52H33N3/c1-2-13-34(14-3-1)37-15-12-16-39(31-37)51-54-49(36-26-24-35(25-27-36)48-23-10-11-30-53-48)33-50(55-51)38-28-29-43-42-19-6-9-22-46(42)52(47(43)32-38)44-20-7-4-17-40(44)41-18-5-8-21-45(41)52/h1-33H. The minimum atomic E-state index is -0.431. The van der Waals surface area contributed by atoms with Gasteiger partial charge in [-0.2, -0.15) is 0 Å². The number of hydrogen-bond donors (Lipinski definition) is 0. The van der Waals surface area contributed by atoms with E-state index in [0.29, 0.717) is 5.82 Å². The Kier molecular flexibility index (Phi) is 7.08. The van der Waals surface area contributed by atoms with E-state index in [1.165, 1.54) is 44.5 Å². The quantitative estimate of drug-likeness (QED) is 0.179. The van der Waals surface area contributed by atoms with Gasteiger partial charge in [0.25, 0.3) is 0 Å². The van der Waals surface area contributed by atoms with Crippen molar-refractivity contribution in [3.05, 3.63) is 223 Å². The molecule has 2 aromatic heterocycles. The molecule has 3 heteroatoms. The number of hydrogen-bond acceptors (Lipinski definition) is 3. The average Bonchev–Trinajstić information content (AvgIpc) is 3.74. The second-order valence-electron chi connectivity index (χ2n) is 14.3. The second kappa shape index (κ2) is 12.4. The topological polar surface area (TPSA) is 38.7 Å². The molecule has 1 spiro atoms. The lowest BCUT2D eigenvalue weighted by molar-refractivity contribution is 0.794. The van der Waals surface area contributed by atoms with Gasteiger partial charge in [-0.1, -0.05) is 164 Å². The molecule has 7 aromatic carbocycles. The Morgan fingerprint density at radius 3 is 1.44 bits per heavy atom. The summed E-state index contributed by atoms with van der Waals surface area (Å²) >= 11 is 0. The Morgan fingerprint density at radius 2 is 0.800 bits per heavy atom. The highest BCUT2D eigenvalue weighted by Gasteiger charge is 2.51. The maximum Gasteiger partial charge on any atom is 0.160 e. The smallest absolute Gasteiger partial charge is 0.160 e. The van der Waals surface area contributed by atoms with Crippen LogP contribution >= 0.6 is 0 Å². The van der Waals surface area contributed by atoms with Crippen molar-refractivity contribution >= 4 is 0 Å². The van der Waals surface area contributed by atoms with Gasteiger partial charge in [0, 0.05) is 28.5 Å². The van der Waals surface area contributed by atoms with Crippen LogP contribution in [0.15, 0.2) is 200 Å². The Bertz CT molecular complexity index is 2850. The van der Waals surface area contributed by atoms with Crippen LogP contribution in [0, 0.1) is 0 Å². The van der Waals surface area contributed by atoms with Gasteiger partial charge in [-0.15, -0.1) is 0 Å². The lowest BCUT2D eigenvalue weighted by Crippen LogP contribution is -2.25. The molecule has 0 N–H and O–H groups in total. The van der Waals surface area contributed by atoms with Gasteiger partial charge >= 0.3 is 0 Å². The van der Waals surface area contributed by atoms with Crippen LogP contribution in [0.5, 0.6) is 0 Å². The van der Waals surface area contributed by atoms with Crippen LogP contribution in [0.1, 0.15) is 22.3 Å². The molecule has 0 amide bonds. The van der Waals surface area contributed by atoms with Gasteiger partial charge in [-0.3, -0.25) is 4.98 Å². The molecule has 2 heterocycles. The van der Waals surface area contributed by atoms with Crippen molar-refractivity contribution in [1.29, 1.82) is 0 Å². The fourth-order valence-electron chi connectivity index (χ4n) is 8.94. The Balaban J connectivity index is 1.12. The summed E-state index contributed by atoms with van der Waals surface area (Å²) in [7, 11) is 0. The largest absolute Gasteiger partial charge is 0.256 e. The van der Waals surface area contributed by atoms with Gasteiger partial charge in [0.15, 0.2) is 5.82 Å². The van der Waals surface area contributed by atoms with E-state index in [2.05, 4.69) is 175 Å². The van der Waals surface area contributed by atoms with Crippen molar-refractivity contribution in [2.24, 2.45) is 0 Å². The molecule has 9 aromatic rings. The molecule has 0 aliphatic heterocycles. The molecule has 55 heavy (non-hydrogen) atoms. The highest BCUT2D eigenvalue weighted by Crippen LogP contribution is 2.63. The van der Waals surface area contributed by atoms with E-state index in [1.807, 2.05) is 30.5 Å². The Hall–Kier alpha value is -7.23. The maximum atomic E-state index is 5.36. The zero-order chi connectivity index (χ0) is 36.3. The van der Waals surface area contributed by atoms with Crippen LogP contribution < -0.4 is 0 Å². The third kappa shape index (κ3) is 4.87. The predicted octanol–water partition coefficient (Wildman–Crippen LogP) is 12.6. The number of benzene rings is 7. The van der Waals surface area contributed by atoms with Crippen molar-refractivity contribution in [1.82, 2.24) is 15.0 Å². The van der Waals surface area contributed by atoms with E-state index in [9.17, 15) is 0 Å². The molecule has 2 aliphatic carbocycles. The summed E-state index contributed by atoms with van der Waals surface area (Å²) in [5.41, 5.74) is 19.1. The third-order valence-electron chi connectivity index (χ3n) is 11.4. The number of fused-ring (bicyclic) bond motifs is 10. The molecule has 0 bridgehead atoms. The molecule has 0 saturated heterocycles. The van der Waals surface area contributed by atoms with Crippen LogP contribution in [0.25, 0.3) is 78.5 Å². The SMILES string of the molecule is c1ccc(-c2cccc(-c3nc(-c4ccc(-c5ccccn5)cc4)cc(-c4ccc5c(c4)C4(c6ccccc6-c6ccccc64)c4ccccc4-5)n3)c2)cc1. The van der Waals surface area contributed by atoms with Gasteiger partial charge < -0.3 is 0 Å². The summed E-state index contributed by atoms with van der Waals surface area (Å²) in [6, 6.07) is 69.5. The first kappa shape index (κ1) is 31.3. The van der Waals surface area contributed by atoms with Crippen molar-refractivity contribution < 1.29 is 0 Å². The number of nitrogens with zero attached hydrogens (tertiary/aromatic N) is 3. The predicted molar refractivity (Wildman–Crippen MR) is 223 cm³/mol. The van der Waals surface area contributed by atoms with E-state index in [-0.39, 0.29) is 0 Å². The Morgan fingerprint density at radius 1 is 0.291 bits per heavy atom. The van der Waals surface area contributed by atoms with Gasteiger partial charge in [0.2, 0.25) is 0 Å². The monoisotopic (exact) mass is 699 g/mol. The van der Waals surface area contributed by atoms with Gasteiger partial charge in [-0.05, 0) is 86.0 Å². The molecular weight excluding hydrogens is 667 g/mol. The molecule has 0 saturated carbocycles. The highest BCUT2D eigenvalue weighted by atomic mass is 14.9. The molecule has 11 rings (SSSR count). The normalized spacial score (nSPS) is 12.9. The van der Waals surface area contributed by atoms with Crippen LogP contribution in [-0.4, -0.2) is 15.0 Å². The summed E-state index contributed by atoms with van der Waals surface area (Å²) in [6.07, 6.45) is 1.83. The molecule has 256 valence electrons. The molecular formula is C52H33N3. The van der Waals surface area contributed by atoms with Gasteiger partial charge in [0.1, 0.15) is 0 Å². The van der Waals surface area contributed by atoms with E-state index < -0.39 is 5.41 Å². The molecule has 3 nitrogen and oxygen atoms in total. The van der Waals surface area contributed by atoms with Gasteiger partial charge in [0.05, 0.1) is 22.5 Å². The van der Waals surface area contributed by atoms with Crippen LogP contribution in [0.2, 0.25) is 0 Å².